The van der Waals surface area contributed by atoms with Gasteiger partial charge >= 0.3 is 0 Å². The number of oxime groups is 1. The molecule has 360 valence electrons. The van der Waals surface area contributed by atoms with Gasteiger partial charge in [-0.2, -0.15) is 0 Å². The molecule has 3 saturated carbocycles. The summed E-state index contributed by atoms with van der Waals surface area (Å²) in [4.78, 5) is 56.2. The maximum Gasteiger partial charge on any atom is 0.289 e. The van der Waals surface area contributed by atoms with Crippen LogP contribution in [-0.2, 0) is 25.6 Å². The van der Waals surface area contributed by atoms with Crippen LogP contribution < -0.4 is 5.32 Å². The van der Waals surface area contributed by atoms with Gasteiger partial charge in [-0.1, -0.05) is 92.7 Å². The first-order chi connectivity index (χ1) is 33.0. The number of fused-ring (bicyclic) bond motifs is 3. The molecule has 1 spiro atoms. The van der Waals surface area contributed by atoms with Crippen LogP contribution in [0.5, 0.6) is 0 Å². The second-order valence-electron chi connectivity index (χ2n) is 22.4. The predicted molar refractivity (Wildman–Crippen MR) is 278 cm³/mol. The molecule has 2 atom stereocenters. The van der Waals surface area contributed by atoms with E-state index in [1.165, 1.54) is 75.3 Å². The van der Waals surface area contributed by atoms with Gasteiger partial charge < -0.3 is 15.1 Å². The highest BCUT2D eigenvalue weighted by Crippen LogP contribution is 2.52. The van der Waals surface area contributed by atoms with E-state index in [0.717, 1.165) is 67.8 Å². The molecular weight excluding hydrogens is 855 g/mol. The lowest BCUT2D eigenvalue weighted by atomic mass is 9.62. The van der Waals surface area contributed by atoms with E-state index in [-0.39, 0.29) is 34.7 Å². The third-order valence-corrected chi connectivity index (χ3v) is 16.3. The molecular formula is C60H71N5O4. The maximum absolute atomic E-state index is 13.1. The summed E-state index contributed by atoms with van der Waals surface area (Å²) in [6.45, 7) is 19.7. The van der Waals surface area contributed by atoms with E-state index in [4.69, 9.17) is 9.82 Å². The molecule has 9 rings (SSSR count). The molecule has 2 aromatic heterocycles. The summed E-state index contributed by atoms with van der Waals surface area (Å²) in [7, 11) is 0. The van der Waals surface area contributed by atoms with Crippen molar-refractivity contribution in [2.45, 2.75) is 156 Å². The van der Waals surface area contributed by atoms with E-state index in [0.29, 0.717) is 48.6 Å². The van der Waals surface area contributed by atoms with Gasteiger partial charge in [-0.05, 0) is 173 Å². The van der Waals surface area contributed by atoms with E-state index in [2.05, 4.69) is 107 Å². The third-order valence-electron chi connectivity index (χ3n) is 16.3. The topological polar surface area (TPSA) is 126 Å². The molecule has 0 bridgehead atoms. The highest BCUT2D eigenvalue weighted by molar-refractivity contribution is 6.12. The molecule has 4 aliphatic carbocycles. The zero-order chi connectivity index (χ0) is 48.6. The van der Waals surface area contributed by atoms with Gasteiger partial charge in [0, 0.05) is 47.1 Å². The van der Waals surface area contributed by atoms with Crippen molar-refractivity contribution >= 4 is 45.1 Å². The van der Waals surface area contributed by atoms with Gasteiger partial charge in [0.25, 0.3) is 5.91 Å². The number of nitrogens with one attached hydrogen (secondary N) is 2. The molecule has 1 amide bonds. The zero-order valence-electron chi connectivity index (χ0n) is 41.8. The quantitative estimate of drug-likeness (QED) is 0.0302. The number of Topliss-reactive ketones (excluding diaryl/α,β-unsaturated/α-hetero) is 2. The Labute approximate surface area is 408 Å². The van der Waals surface area contributed by atoms with Crippen molar-refractivity contribution in [1.29, 1.82) is 0 Å². The number of amides is 1. The minimum Gasteiger partial charge on any atom is -0.351 e. The summed E-state index contributed by atoms with van der Waals surface area (Å²) >= 11 is 0. The summed E-state index contributed by atoms with van der Waals surface area (Å²) < 4.78 is 0. The number of hydrogen-bond donors (Lipinski definition) is 2. The second kappa shape index (κ2) is 19.8. The van der Waals surface area contributed by atoms with Crippen LogP contribution in [0.4, 0.5) is 0 Å². The molecule has 0 saturated heterocycles. The van der Waals surface area contributed by atoms with Crippen molar-refractivity contribution < 1.29 is 19.2 Å². The highest BCUT2D eigenvalue weighted by atomic mass is 16.6. The normalized spacial score (nSPS) is 23.9. The number of nitrogens with zero attached hydrogens (tertiary/aromatic N) is 3. The van der Waals surface area contributed by atoms with Gasteiger partial charge in [-0.3, -0.25) is 14.4 Å². The van der Waals surface area contributed by atoms with Gasteiger partial charge in [0.05, 0.1) is 22.8 Å². The van der Waals surface area contributed by atoms with Crippen molar-refractivity contribution in [3.05, 3.63) is 131 Å². The van der Waals surface area contributed by atoms with Crippen LogP contribution in [0.25, 0.3) is 33.2 Å². The van der Waals surface area contributed by atoms with Gasteiger partial charge in [-0.15, -0.1) is 0 Å². The summed E-state index contributed by atoms with van der Waals surface area (Å²) in [5.41, 5.74) is 13.0. The largest absolute Gasteiger partial charge is 0.351 e. The molecule has 4 aliphatic rings. The molecule has 2 N–H and O–H groups in total. The summed E-state index contributed by atoms with van der Waals surface area (Å²) in [5, 5.41) is 9.36. The molecule has 3 fully saturated rings. The number of aromatic amines is 1. The second-order valence-corrected chi connectivity index (χ2v) is 22.4. The lowest BCUT2D eigenvalue weighted by Crippen LogP contribution is -2.30. The van der Waals surface area contributed by atoms with Gasteiger partial charge in [0.2, 0.25) is 5.76 Å². The molecule has 0 aliphatic heterocycles. The Morgan fingerprint density at radius 1 is 0.899 bits per heavy atom. The Morgan fingerprint density at radius 2 is 1.65 bits per heavy atom. The fourth-order valence-corrected chi connectivity index (χ4v) is 12.2. The average molecular weight is 926 g/mol. The van der Waals surface area contributed by atoms with E-state index in [1.54, 1.807) is 11.9 Å². The first-order valence-electron chi connectivity index (χ1n) is 25.6. The summed E-state index contributed by atoms with van der Waals surface area (Å²) in [5.74, 6) is 1.95. The predicted octanol–water partition coefficient (Wildman–Crippen LogP) is 14.0. The molecule has 2 heterocycles. The van der Waals surface area contributed by atoms with Crippen molar-refractivity contribution in [3.63, 3.8) is 0 Å². The Kier molecular flexibility index (Phi) is 13.8. The fourth-order valence-electron chi connectivity index (χ4n) is 12.2. The van der Waals surface area contributed by atoms with Crippen LogP contribution in [0, 0.1) is 29.6 Å². The van der Waals surface area contributed by atoms with Crippen LogP contribution in [0.3, 0.4) is 0 Å². The van der Waals surface area contributed by atoms with Crippen LogP contribution in [0.15, 0.2) is 108 Å². The van der Waals surface area contributed by atoms with Crippen LogP contribution in [-0.4, -0.2) is 38.1 Å². The number of allylic oxidation sites excluding steroid dienone is 3. The van der Waals surface area contributed by atoms with Crippen molar-refractivity contribution in [2.24, 2.45) is 27.8 Å². The monoisotopic (exact) mass is 926 g/mol. The number of rotatable bonds is 13. The molecule has 5 aromatic rings. The number of H-pyrrole nitrogens is 1. The third kappa shape index (κ3) is 10.6. The van der Waals surface area contributed by atoms with E-state index in [9.17, 15) is 14.4 Å². The zero-order valence-corrected chi connectivity index (χ0v) is 41.8. The number of carbonyl (C=O) groups excluding carboxylic acids is 3. The number of benzene rings is 3. The number of aryl methyl sites for hydroxylation is 1. The van der Waals surface area contributed by atoms with Gasteiger partial charge in [0.15, 0.2) is 0 Å². The molecule has 0 radical (unpaired) electrons. The van der Waals surface area contributed by atoms with Crippen molar-refractivity contribution in [2.75, 3.05) is 0 Å². The smallest absolute Gasteiger partial charge is 0.289 e. The Balaban J connectivity index is 0.763. The lowest BCUT2D eigenvalue weighted by molar-refractivity contribution is -0.122. The van der Waals surface area contributed by atoms with E-state index >= 15 is 0 Å². The minimum absolute atomic E-state index is 0.0775. The first-order valence-corrected chi connectivity index (χ1v) is 25.6. The Hall–Kier alpha value is -5.96. The van der Waals surface area contributed by atoms with E-state index in [1.807, 2.05) is 34.6 Å². The summed E-state index contributed by atoms with van der Waals surface area (Å²) in [6, 6.07) is 21.7. The first kappa shape index (κ1) is 48.1. The minimum atomic E-state index is -0.425. The molecule has 69 heavy (non-hydrogen) atoms. The maximum atomic E-state index is 13.1. The van der Waals surface area contributed by atoms with Crippen LogP contribution in [0.2, 0.25) is 0 Å². The van der Waals surface area contributed by atoms with Crippen molar-refractivity contribution in [1.82, 2.24) is 20.3 Å². The Morgan fingerprint density at radius 3 is 2.35 bits per heavy atom. The molecule has 0 unspecified atom stereocenters. The summed E-state index contributed by atoms with van der Waals surface area (Å²) in [6.07, 6.45) is 20.2. The fraction of sp³-hybridized carbons (Fsp3) is 0.467. The standard InChI is InChI=1S/C60H71N5O4/c1-36(2)56(59(6,7)8)65-69-39(5)58(68)63-38(4)49-18-14-46(29-37(49)3)55-54-51-17-9-42(34-52(51)64-57(54)62-35-61-55)30-40-21-25-60(26-22-40)27-23-41(24-28-60)31-43-32-47(33-43)44-10-12-45(13-11-44)50-19-15-48(66)16-20-53(50)67/h9-14,17-18,23,29,34-35,38,40,43,47,50H,1,5,15-16,19-22,24-28,30-33H2,2-4,6-8H3,(H,63,68)(H,61,62,64)/b65-56+/t38-,40?,43-,47-,50-,60?/m1/s1. The number of hydrogen-bond acceptors (Lipinski definition) is 7. The van der Waals surface area contributed by atoms with Crippen LogP contribution in [0.1, 0.15) is 170 Å². The number of aromatic nitrogens is 3. The Bertz CT molecular complexity index is 2860. The number of carbonyl (C=O) groups is 3. The van der Waals surface area contributed by atoms with Crippen LogP contribution >= 0.6 is 0 Å². The molecule has 9 nitrogen and oxygen atoms in total. The molecule has 9 heteroatoms. The SMILES string of the molecule is C=C(O/N=C(\C(=C)C)C(C)(C)C)C(=O)N[C@H](C)c1ccc(-c2ncnc3[nH]c4cc(CC5CCC6(CC=C(C[C@H]7C[C@H](c8ccc([C@H]9CCC(=O)CCC9=O)cc8)C7)CC6)CC5)ccc4c23)cc1C. The average Bonchev–Trinajstić information content (AvgIpc) is 3.59. The lowest BCUT2D eigenvalue weighted by Gasteiger charge is -2.43. The van der Waals surface area contributed by atoms with E-state index < -0.39 is 5.91 Å². The highest BCUT2D eigenvalue weighted by Gasteiger charge is 2.38. The van der Waals surface area contributed by atoms with Gasteiger partial charge in [-0.25, -0.2) is 9.97 Å². The van der Waals surface area contributed by atoms with Crippen molar-refractivity contribution in [3.8, 4) is 11.3 Å². The number of ketones is 2. The molecule has 3 aromatic carbocycles. The van der Waals surface area contributed by atoms with Gasteiger partial charge in [0.1, 0.15) is 23.5 Å².